The molecule has 0 N–H and O–H groups in total. The van der Waals surface area contributed by atoms with Crippen molar-refractivity contribution in [3.05, 3.63) is 24.3 Å². The van der Waals surface area contributed by atoms with Crippen LogP contribution in [-0.2, 0) is 0 Å². The Labute approximate surface area is 139 Å². The summed E-state index contributed by atoms with van der Waals surface area (Å²) >= 11 is 0. The minimum absolute atomic E-state index is 0.868. The van der Waals surface area contributed by atoms with Gasteiger partial charge in [0.25, 0.3) is 0 Å². The lowest BCUT2D eigenvalue weighted by Gasteiger charge is -2.28. The molecule has 0 saturated heterocycles. The fourth-order valence-corrected chi connectivity index (χ4v) is 4.64. The topological polar surface area (TPSA) is 0 Å². The number of allylic oxidation sites excluding steroid dienone is 4. The lowest BCUT2D eigenvalue weighted by molar-refractivity contribution is 0.253. The first-order valence-corrected chi connectivity index (χ1v) is 10.1. The Morgan fingerprint density at radius 2 is 1.27 bits per heavy atom. The second kappa shape index (κ2) is 10.3. The van der Waals surface area contributed by atoms with E-state index >= 15 is 0 Å². The zero-order chi connectivity index (χ0) is 15.6. The second-order valence-corrected chi connectivity index (χ2v) is 7.88. The molecule has 2 aliphatic rings. The molecular formula is C22H38. The molecule has 126 valence electrons. The maximum Gasteiger partial charge on any atom is -0.0233 e. The largest absolute Gasteiger partial charge is 0.0914 e. The molecular weight excluding hydrogens is 264 g/mol. The summed E-state index contributed by atoms with van der Waals surface area (Å²) in [6.07, 6.45) is 27.0. The summed E-state index contributed by atoms with van der Waals surface area (Å²) in [6, 6.07) is 0. The van der Waals surface area contributed by atoms with Gasteiger partial charge in [0.1, 0.15) is 0 Å². The number of rotatable bonds is 7. The third-order valence-electron chi connectivity index (χ3n) is 6.09. The summed E-state index contributed by atoms with van der Waals surface area (Å²) in [5.41, 5.74) is 0. The van der Waals surface area contributed by atoms with E-state index in [-0.39, 0.29) is 0 Å². The Bertz CT molecular complexity index is 322. The van der Waals surface area contributed by atoms with Gasteiger partial charge >= 0.3 is 0 Å². The highest BCUT2D eigenvalue weighted by Gasteiger charge is 2.20. The summed E-state index contributed by atoms with van der Waals surface area (Å²) < 4.78 is 0. The molecule has 2 aliphatic carbocycles. The van der Waals surface area contributed by atoms with Crippen LogP contribution in [0.4, 0.5) is 0 Å². The molecule has 0 amide bonds. The van der Waals surface area contributed by atoms with Crippen LogP contribution in [0.3, 0.4) is 0 Å². The normalized spacial score (nSPS) is 33.7. The van der Waals surface area contributed by atoms with Crippen LogP contribution in [0.1, 0.15) is 90.9 Å². The highest BCUT2D eigenvalue weighted by Crippen LogP contribution is 2.34. The molecule has 0 heterocycles. The maximum absolute atomic E-state index is 2.55. The van der Waals surface area contributed by atoms with Crippen molar-refractivity contribution in [2.75, 3.05) is 0 Å². The van der Waals surface area contributed by atoms with Crippen LogP contribution in [0.2, 0.25) is 0 Å². The molecule has 0 aromatic carbocycles. The Balaban J connectivity index is 1.55. The number of hydrogen-bond donors (Lipinski definition) is 0. The molecule has 0 radical (unpaired) electrons. The van der Waals surface area contributed by atoms with Gasteiger partial charge in [0, 0.05) is 0 Å². The third kappa shape index (κ3) is 6.31. The predicted molar refractivity (Wildman–Crippen MR) is 99.0 cm³/mol. The van der Waals surface area contributed by atoms with Crippen LogP contribution >= 0.6 is 0 Å². The summed E-state index contributed by atoms with van der Waals surface area (Å²) in [6.45, 7) is 4.49. The van der Waals surface area contributed by atoms with Crippen molar-refractivity contribution in [2.24, 2.45) is 23.7 Å². The van der Waals surface area contributed by atoms with Crippen LogP contribution in [0.15, 0.2) is 24.3 Å². The molecule has 2 saturated carbocycles. The first-order valence-electron chi connectivity index (χ1n) is 10.1. The van der Waals surface area contributed by atoms with Gasteiger partial charge in [-0.05, 0) is 69.1 Å². The van der Waals surface area contributed by atoms with E-state index < -0.39 is 0 Å². The summed E-state index contributed by atoms with van der Waals surface area (Å²) in [5.74, 6) is 3.84. The Kier molecular flexibility index (Phi) is 8.34. The average molecular weight is 303 g/mol. The smallest absolute Gasteiger partial charge is 0.0233 e. The first kappa shape index (κ1) is 17.8. The van der Waals surface area contributed by atoms with E-state index in [1.54, 1.807) is 0 Å². The molecule has 0 aromatic rings. The summed E-state index contributed by atoms with van der Waals surface area (Å²) in [5, 5.41) is 0. The fourth-order valence-electron chi connectivity index (χ4n) is 4.64. The Morgan fingerprint density at radius 3 is 1.82 bits per heavy atom. The molecule has 0 atom stereocenters. The van der Waals surface area contributed by atoms with Gasteiger partial charge in [-0.25, -0.2) is 0 Å². The number of hydrogen-bond acceptors (Lipinski definition) is 0. The van der Waals surface area contributed by atoms with Crippen LogP contribution in [0.5, 0.6) is 0 Å². The van der Waals surface area contributed by atoms with Crippen molar-refractivity contribution in [1.82, 2.24) is 0 Å². The van der Waals surface area contributed by atoms with Crippen molar-refractivity contribution < 1.29 is 0 Å². The zero-order valence-corrected chi connectivity index (χ0v) is 15.1. The third-order valence-corrected chi connectivity index (χ3v) is 6.09. The van der Waals surface area contributed by atoms with Crippen LogP contribution in [0.25, 0.3) is 0 Å². The van der Waals surface area contributed by atoms with E-state index in [9.17, 15) is 0 Å². The molecule has 0 spiro atoms. The Morgan fingerprint density at radius 1 is 0.727 bits per heavy atom. The van der Waals surface area contributed by atoms with E-state index in [0.29, 0.717) is 0 Å². The molecule has 22 heavy (non-hydrogen) atoms. The monoisotopic (exact) mass is 302 g/mol. The molecule has 0 bridgehead atoms. The van der Waals surface area contributed by atoms with Crippen molar-refractivity contribution in [3.63, 3.8) is 0 Å². The second-order valence-electron chi connectivity index (χ2n) is 7.88. The molecule has 0 aromatic heterocycles. The lowest BCUT2D eigenvalue weighted by Crippen LogP contribution is -2.14. The van der Waals surface area contributed by atoms with E-state index in [4.69, 9.17) is 0 Å². The van der Waals surface area contributed by atoms with Gasteiger partial charge in [0.15, 0.2) is 0 Å². The van der Waals surface area contributed by atoms with E-state index in [1.807, 2.05) is 0 Å². The zero-order valence-electron chi connectivity index (χ0n) is 15.1. The lowest BCUT2D eigenvalue weighted by atomic mass is 9.78. The van der Waals surface area contributed by atoms with Gasteiger partial charge in [-0.3, -0.25) is 0 Å². The van der Waals surface area contributed by atoms with Gasteiger partial charge in [-0.2, -0.15) is 0 Å². The summed E-state index contributed by atoms with van der Waals surface area (Å²) in [7, 11) is 0. The van der Waals surface area contributed by atoms with Gasteiger partial charge in [-0.15, -0.1) is 0 Å². The van der Waals surface area contributed by atoms with Crippen molar-refractivity contribution in [2.45, 2.75) is 90.9 Å². The first-order chi connectivity index (χ1) is 10.8. The quantitative estimate of drug-likeness (QED) is 0.432. The highest BCUT2D eigenvalue weighted by atomic mass is 14.3. The van der Waals surface area contributed by atoms with Crippen molar-refractivity contribution in [3.8, 4) is 0 Å². The van der Waals surface area contributed by atoms with E-state index in [0.717, 1.165) is 23.7 Å². The summed E-state index contributed by atoms with van der Waals surface area (Å²) in [4.78, 5) is 0. The van der Waals surface area contributed by atoms with Gasteiger partial charge in [0.05, 0.1) is 0 Å². The fraction of sp³-hybridized carbons (Fsp3) is 0.818. The molecule has 0 aliphatic heterocycles. The molecule has 2 fully saturated rings. The predicted octanol–water partition coefficient (Wildman–Crippen LogP) is 7.31. The van der Waals surface area contributed by atoms with Crippen molar-refractivity contribution >= 4 is 0 Å². The highest BCUT2D eigenvalue weighted by molar-refractivity contribution is 4.95. The maximum atomic E-state index is 2.55. The molecule has 0 heteroatoms. The van der Waals surface area contributed by atoms with Crippen molar-refractivity contribution in [1.29, 1.82) is 0 Å². The standard InChI is InChI=1S/C22H38/c1-3-7-19-11-15-21(16-12-19)9-5-6-10-22-17-13-20(8-4-2)14-18-22/h3,5,7,9,19-22H,4,6,8,10-18H2,1-2H3/b7-3+,9-5+. The SMILES string of the molecule is C/C=C/C1CCC(/C=C/CCC2CCC(CCC)CC2)CC1. The van der Waals surface area contributed by atoms with Crippen LogP contribution in [-0.4, -0.2) is 0 Å². The van der Waals surface area contributed by atoms with E-state index in [2.05, 4.69) is 38.2 Å². The van der Waals surface area contributed by atoms with Gasteiger partial charge in [-0.1, -0.05) is 69.8 Å². The minimum atomic E-state index is 0.868. The average Bonchev–Trinajstić information content (AvgIpc) is 2.55. The van der Waals surface area contributed by atoms with Crippen LogP contribution in [0, 0.1) is 23.7 Å². The van der Waals surface area contributed by atoms with Gasteiger partial charge < -0.3 is 0 Å². The molecule has 0 nitrogen and oxygen atoms in total. The minimum Gasteiger partial charge on any atom is -0.0914 e. The Hall–Kier alpha value is -0.520. The van der Waals surface area contributed by atoms with Gasteiger partial charge in [0.2, 0.25) is 0 Å². The van der Waals surface area contributed by atoms with Crippen LogP contribution < -0.4 is 0 Å². The molecule has 2 rings (SSSR count). The molecule has 0 unspecified atom stereocenters. The van der Waals surface area contributed by atoms with E-state index in [1.165, 1.54) is 77.0 Å².